The number of nitrogens with zero attached hydrogens (tertiary/aromatic N) is 2. The van der Waals surface area contributed by atoms with Crippen molar-refractivity contribution < 1.29 is 23.7 Å². The fourth-order valence-corrected chi connectivity index (χ4v) is 2.51. The molecule has 0 fully saturated rings. The second-order valence-electron chi connectivity index (χ2n) is 6.00. The maximum atomic E-state index is 11.4. The van der Waals surface area contributed by atoms with Crippen molar-refractivity contribution in [1.82, 2.24) is 9.97 Å². The van der Waals surface area contributed by atoms with E-state index in [0.717, 1.165) is 0 Å². The van der Waals surface area contributed by atoms with Crippen LogP contribution in [0.15, 0.2) is 24.3 Å². The molecule has 9 heteroatoms. The largest absolute Gasteiger partial charge is 0.490 e. The van der Waals surface area contributed by atoms with Crippen LogP contribution >= 0.6 is 0 Å². The van der Waals surface area contributed by atoms with Gasteiger partial charge in [0.05, 0.1) is 38.5 Å². The van der Waals surface area contributed by atoms with Gasteiger partial charge in [-0.25, -0.2) is 4.98 Å². The smallest absolute Gasteiger partial charge is 0.309 e. The molecule has 158 valence electrons. The number of hydrogen-bond donors (Lipinski definition) is 2. The first-order valence-electron chi connectivity index (χ1n) is 9.60. The maximum absolute atomic E-state index is 11.4. The third-order valence-corrected chi connectivity index (χ3v) is 3.83. The van der Waals surface area contributed by atoms with Crippen molar-refractivity contribution in [1.29, 1.82) is 0 Å². The molecule has 0 spiro atoms. The normalized spacial score (nSPS) is 10.4. The van der Waals surface area contributed by atoms with E-state index in [1.807, 2.05) is 25.1 Å². The number of anilines is 2. The minimum absolute atomic E-state index is 0.134. The van der Waals surface area contributed by atoms with Gasteiger partial charge in [-0.15, -0.1) is 0 Å². The van der Waals surface area contributed by atoms with Gasteiger partial charge in [-0.3, -0.25) is 4.79 Å². The molecule has 2 aromatic rings. The van der Waals surface area contributed by atoms with Gasteiger partial charge in [0.15, 0.2) is 23.1 Å². The van der Waals surface area contributed by atoms with Crippen LogP contribution in [0.3, 0.4) is 0 Å². The molecular formula is C20H28N4O5. The summed E-state index contributed by atoms with van der Waals surface area (Å²) in [6.45, 7) is 5.08. The minimum Gasteiger partial charge on any atom is -0.490 e. The van der Waals surface area contributed by atoms with E-state index in [1.165, 1.54) is 0 Å². The number of nitrogen functional groups attached to an aromatic ring is 2. The van der Waals surface area contributed by atoms with E-state index in [9.17, 15) is 4.79 Å². The van der Waals surface area contributed by atoms with Crippen LogP contribution in [-0.4, -0.2) is 42.4 Å². The Hall–Kier alpha value is -3.23. The van der Waals surface area contributed by atoms with Gasteiger partial charge in [-0.1, -0.05) is 19.1 Å². The molecule has 0 saturated heterocycles. The molecule has 0 aliphatic rings. The second-order valence-corrected chi connectivity index (χ2v) is 6.00. The van der Waals surface area contributed by atoms with Crippen LogP contribution in [0, 0.1) is 0 Å². The number of hydrogen-bond acceptors (Lipinski definition) is 9. The molecule has 0 aliphatic heterocycles. The average Bonchev–Trinajstić information content (AvgIpc) is 2.70. The first-order chi connectivity index (χ1) is 14.0. The molecule has 9 nitrogen and oxygen atoms in total. The molecule has 0 unspecified atom stereocenters. The van der Waals surface area contributed by atoms with Gasteiger partial charge < -0.3 is 30.4 Å². The van der Waals surface area contributed by atoms with Gasteiger partial charge in [0.2, 0.25) is 5.95 Å². The van der Waals surface area contributed by atoms with Crippen molar-refractivity contribution in [3.63, 3.8) is 0 Å². The first kappa shape index (κ1) is 22.1. The van der Waals surface area contributed by atoms with Gasteiger partial charge >= 0.3 is 5.97 Å². The van der Waals surface area contributed by atoms with Crippen molar-refractivity contribution in [3.05, 3.63) is 30.0 Å². The standard InChI is InChI=1S/C20H28N4O5/c1-3-14-18(19(21)24-20(22)23-14)29-12-7-11-27-15-8-5-6-9-16(15)28-13-10-17(25)26-4-2/h5-6,8-9H,3-4,7,10-13H2,1-2H3,(H4,21,22,23,24). The maximum Gasteiger partial charge on any atom is 0.309 e. The zero-order chi connectivity index (χ0) is 21.1. The van der Waals surface area contributed by atoms with Crippen LogP contribution in [0.2, 0.25) is 0 Å². The number of aromatic nitrogens is 2. The highest BCUT2D eigenvalue weighted by molar-refractivity contribution is 5.69. The number of rotatable bonds is 12. The van der Waals surface area contributed by atoms with Crippen LogP contribution in [0.25, 0.3) is 0 Å². The second kappa shape index (κ2) is 11.6. The highest BCUT2D eigenvalue weighted by Crippen LogP contribution is 2.27. The molecule has 1 aromatic heterocycles. The molecule has 29 heavy (non-hydrogen) atoms. The summed E-state index contributed by atoms with van der Waals surface area (Å²) in [5.41, 5.74) is 12.2. The summed E-state index contributed by atoms with van der Waals surface area (Å²) >= 11 is 0. The Morgan fingerprint density at radius 2 is 1.62 bits per heavy atom. The van der Waals surface area contributed by atoms with E-state index in [-0.39, 0.29) is 30.8 Å². The van der Waals surface area contributed by atoms with E-state index in [2.05, 4.69) is 9.97 Å². The van der Waals surface area contributed by atoms with Crippen molar-refractivity contribution in [3.8, 4) is 17.2 Å². The van der Waals surface area contributed by atoms with Gasteiger partial charge in [0, 0.05) is 6.42 Å². The highest BCUT2D eigenvalue weighted by Gasteiger charge is 2.12. The molecule has 1 aromatic carbocycles. The van der Waals surface area contributed by atoms with Crippen LogP contribution < -0.4 is 25.7 Å². The Labute approximate surface area is 170 Å². The monoisotopic (exact) mass is 404 g/mol. The topological polar surface area (TPSA) is 132 Å². The lowest BCUT2D eigenvalue weighted by atomic mass is 10.3. The molecular weight excluding hydrogens is 376 g/mol. The van der Waals surface area contributed by atoms with Gasteiger partial charge in [0.25, 0.3) is 0 Å². The Morgan fingerprint density at radius 3 is 2.28 bits per heavy atom. The summed E-state index contributed by atoms with van der Waals surface area (Å²) < 4.78 is 22.0. The molecule has 0 saturated carbocycles. The Morgan fingerprint density at radius 1 is 0.966 bits per heavy atom. The lowest BCUT2D eigenvalue weighted by Gasteiger charge is -2.14. The lowest BCUT2D eigenvalue weighted by molar-refractivity contribution is -0.143. The highest BCUT2D eigenvalue weighted by atomic mass is 16.5. The molecule has 2 rings (SSSR count). The molecule has 1 heterocycles. The van der Waals surface area contributed by atoms with Crippen LogP contribution in [-0.2, 0) is 16.0 Å². The SMILES string of the molecule is CCOC(=O)CCOc1ccccc1OCCCOc1c(N)nc(N)nc1CC. The molecule has 0 aliphatic carbocycles. The van der Waals surface area contributed by atoms with E-state index in [1.54, 1.807) is 13.0 Å². The Balaban J connectivity index is 1.79. The van der Waals surface area contributed by atoms with Crippen molar-refractivity contribution in [2.45, 2.75) is 33.1 Å². The Bertz CT molecular complexity index is 800. The minimum atomic E-state index is -0.291. The fourth-order valence-electron chi connectivity index (χ4n) is 2.51. The quantitative estimate of drug-likeness (QED) is 0.404. The third-order valence-electron chi connectivity index (χ3n) is 3.83. The molecule has 0 radical (unpaired) electrons. The van der Waals surface area contributed by atoms with Gasteiger partial charge in [-0.2, -0.15) is 4.98 Å². The predicted molar refractivity (Wildman–Crippen MR) is 109 cm³/mol. The van der Waals surface area contributed by atoms with E-state index < -0.39 is 0 Å². The Kier molecular flexibility index (Phi) is 8.81. The zero-order valence-electron chi connectivity index (χ0n) is 16.8. The number of carbonyl (C=O) groups is 1. The van der Waals surface area contributed by atoms with Crippen molar-refractivity contribution in [2.24, 2.45) is 0 Å². The summed E-state index contributed by atoms with van der Waals surface area (Å²) in [6.07, 6.45) is 1.43. The number of carbonyl (C=O) groups excluding carboxylic acids is 1. The van der Waals surface area contributed by atoms with Crippen molar-refractivity contribution >= 4 is 17.7 Å². The zero-order valence-corrected chi connectivity index (χ0v) is 16.8. The summed E-state index contributed by atoms with van der Waals surface area (Å²) in [6, 6.07) is 7.29. The first-order valence-corrected chi connectivity index (χ1v) is 9.60. The summed E-state index contributed by atoms with van der Waals surface area (Å²) in [7, 11) is 0. The summed E-state index contributed by atoms with van der Waals surface area (Å²) in [4.78, 5) is 19.5. The number of nitrogens with two attached hydrogens (primary N) is 2. The van der Waals surface area contributed by atoms with Crippen LogP contribution in [0.5, 0.6) is 17.2 Å². The number of para-hydroxylation sites is 2. The van der Waals surface area contributed by atoms with E-state index in [4.69, 9.17) is 30.4 Å². The molecule has 0 amide bonds. The van der Waals surface area contributed by atoms with Crippen LogP contribution in [0.4, 0.5) is 11.8 Å². The number of ether oxygens (including phenoxy) is 4. The fraction of sp³-hybridized carbons (Fsp3) is 0.450. The van der Waals surface area contributed by atoms with Gasteiger partial charge in [0.1, 0.15) is 0 Å². The van der Waals surface area contributed by atoms with E-state index in [0.29, 0.717) is 55.6 Å². The molecule has 0 bridgehead atoms. The molecule has 0 atom stereocenters. The molecule has 4 N–H and O–H groups in total. The van der Waals surface area contributed by atoms with Crippen LogP contribution in [0.1, 0.15) is 32.4 Å². The summed E-state index contributed by atoms with van der Waals surface area (Å²) in [5, 5.41) is 0. The number of benzene rings is 1. The van der Waals surface area contributed by atoms with E-state index >= 15 is 0 Å². The lowest BCUT2D eigenvalue weighted by Crippen LogP contribution is -2.12. The predicted octanol–water partition coefficient (Wildman–Crippen LogP) is 2.38. The van der Waals surface area contributed by atoms with Gasteiger partial charge in [-0.05, 0) is 25.5 Å². The third kappa shape index (κ3) is 7.02. The van der Waals surface area contributed by atoms with Crippen molar-refractivity contribution in [2.75, 3.05) is 37.9 Å². The number of aryl methyl sites for hydroxylation is 1. The number of esters is 1. The summed E-state index contributed by atoms with van der Waals surface area (Å²) in [5.74, 6) is 1.71. The average molecular weight is 404 g/mol.